The Hall–Kier alpha value is -2.62. The normalized spacial score (nSPS) is 12.2. The number of hydrogen-bond acceptors (Lipinski definition) is 5. The van der Waals surface area contributed by atoms with Crippen molar-refractivity contribution in [2.45, 2.75) is 32.7 Å². The first-order valence-electron chi connectivity index (χ1n) is 6.24. The van der Waals surface area contributed by atoms with Crippen molar-refractivity contribution in [3.05, 3.63) is 35.2 Å². The highest BCUT2D eigenvalue weighted by Crippen LogP contribution is 2.15. The fourth-order valence-electron chi connectivity index (χ4n) is 1.58. The van der Waals surface area contributed by atoms with Gasteiger partial charge in [-0.15, -0.1) is 0 Å². The molecule has 0 radical (unpaired) electrons. The smallest absolute Gasteiger partial charge is 0.268 e. The van der Waals surface area contributed by atoms with E-state index in [1.165, 1.54) is 12.3 Å². The van der Waals surface area contributed by atoms with Crippen molar-refractivity contribution in [2.24, 2.45) is 0 Å². The summed E-state index contributed by atoms with van der Waals surface area (Å²) in [5.74, 6) is 0.794. The first kappa shape index (κ1) is 13.8. The second-order valence-corrected chi connectivity index (χ2v) is 4.75. The summed E-state index contributed by atoms with van der Waals surface area (Å²) in [5, 5.41) is 15.3. The summed E-state index contributed by atoms with van der Waals surface area (Å²) >= 11 is 0. The van der Waals surface area contributed by atoms with Crippen molar-refractivity contribution in [3.63, 3.8) is 0 Å². The molecule has 2 aromatic heterocycles. The quantitative estimate of drug-likeness (QED) is 0.884. The van der Waals surface area contributed by atoms with Gasteiger partial charge in [0.1, 0.15) is 17.8 Å². The Morgan fingerprint density at radius 2 is 2.25 bits per heavy atom. The number of H-pyrrole nitrogens is 1. The zero-order valence-electron chi connectivity index (χ0n) is 11.5. The maximum Gasteiger partial charge on any atom is 0.268 e. The minimum atomic E-state index is -0.406. The lowest BCUT2D eigenvalue weighted by molar-refractivity contribution is 0.0928. The second-order valence-electron chi connectivity index (χ2n) is 4.75. The van der Waals surface area contributed by atoms with Crippen molar-refractivity contribution in [2.75, 3.05) is 0 Å². The molecular weight excluding hydrogens is 258 g/mol. The van der Waals surface area contributed by atoms with Crippen molar-refractivity contribution >= 4 is 5.91 Å². The number of nitrogens with one attached hydrogen (secondary N) is 2. The molecule has 0 unspecified atom stereocenters. The summed E-state index contributed by atoms with van der Waals surface area (Å²) in [6.45, 7) is 5.67. The van der Waals surface area contributed by atoms with Gasteiger partial charge in [-0.2, -0.15) is 10.2 Å². The van der Waals surface area contributed by atoms with Gasteiger partial charge in [0.15, 0.2) is 5.82 Å². The van der Waals surface area contributed by atoms with E-state index in [1.807, 2.05) is 19.9 Å². The summed E-state index contributed by atoms with van der Waals surface area (Å²) in [7, 11) is 0. The summed E-state index contributed by atoms with van der Waals surface area (Å²) < 4.78 is 5.11. The fraction of sp³-hybridized carbons (Fsp3) is 0.385. The number of rotatable bonds is 4. The highest BCUT2D eigenvalue weighted by atomic mass is 16.5. The Morgan fingerprint density at radius 3 is 2.80 bits per heavy atom. The summed E-state index contributed by atoms with van der Waals surface area (Å²) in [5.41, 5.74) is 0.722. The van der Waals surface area contributed by atoms with Gasteiger partial charge in [0, 0.05) is 12.1 Å². The predicted octanol–water partition coefficient (Wildman–Crippen LogP) is 1.88. The minimum absolute atomic E-state index is 0.164. The van der Waals surface area contributed by atoms with Crippen molar-refractivity contribution in [3.8, 4) is 6.07 Å². The van der Waals surface area contributed by atoms with E-state index in [-0.39, 0.29) is 11.8 Å². The van der Waals surface area contributed by atoms with Gasteiger partial charge in [0.2, 0.25) is 5.89 Å². The van der Waals surface area contributed by atoms with Crippen LogP contribution in [0.15, 0.2) is 16.8 Å². The van der Waals surface area contributed by atoms with Gasteiger partial charge in [0.05, 0.1) is 5.56 Å². The molecule has 0 aliphatic heterocycles. The van der Waals surface area contributed by atoms with Crippen molar-refractivity contribution in [1.29, 1.82) is 5.26 Å². The Kier molecular flexibility index (Phi) is 3.84. The standard InChI is InChI=1S/C13H15N5O2/c1-7(2)11-17-13(20-18-11)8(3)16-12(19)10-4-9(5-14)6-15-10/h4,6-8,15H,1-3H3,(H,16,19)/t8-/m1/s1. The number of carbonyl (C=O) groups excluding carboxylic acids is 1. The van der Waals surface area contributed by atoms with Crippen LogP contribution < -0.4 is 5.32 Å². The van der Waals surface area contributed by atoms with Gasteiger partial charge < -0.3 is 14.8 Å². The zero-order valence-corrected chi connectivity index (χ0v) is 11.5. The molecule has 7 heteroatoms. The van der Waals surface area contributed by atoms with E-state index in [0.717, 1.165) is 0 Å². The number of aromatic nitrogens is 3. The maximum atomic E-state index is 12.0. The highest BCUT2D eigenvalue weighted by molar-refractivity contribution is 5.93. The number of aromatic amines is 1. The summed E-state index contributed by atoms with van der Waals surface area (Å²) in [4.78, 5) is 18.9. The molecule has 20 heavy (non-hydrogen) atoms. The molecule has 0 aliphatic carbocycles. The molecule has 0 saturated heterocycles. The Morgan fingerprint density at radius 1 is 1.50 bits per heavy atom. The number of amides is 1. The van der Waals surface area contributed by atoms with Gasteiger partial charge in [-0.25, -0.2) is 0 Å². The Bertz CT molecular complexity index is 650. The summed E-state index contributed by atoms with van der Waals surface area (Å²) in [6, 6.07) is 3.03. The Balaban J connectivity index is 2.05. The first-order valence-corrected chi connectivity index (χ1v) is 6.24. The van der Waals surface area contributed by atoms with E-state index >= 15 is 0 Å². The van der Waals surface area contributed by atoms with E-state index in [2.05, 4.69) is 20.4 Å². The van der Waals surface area contributed by atoms with Crippen LogP contribution in [0.3, 0.4) is 0 Å². The largest absolute Gasteiger partial charge is 0.356 e. The van der Waals surface area contributed by atoms with Gasteiger partial charge in [-0.3, -0.25) is 4.79 Å². The van der Waals surface area contributed by atoms with Crippen LogP contribution in [0.25, 0.3) is 0 Å². The third kappa shape index (κ3) is 2.85. The molecule has 2 heterocycles. The number of hydrogen-bond donors (Lipinski definition) is 2. The molecule has 0 aromatic carbocycles. The van der Waals surface area contributed by atoms with E-state index in [9.17, 15) is 4.79 Å². The second kappa shape index (κ2) is 5.57. The molecule has 104 valence electrons. The van der Waals surface area contributed by atoms with Crippen LogP contribution in [0, 0.1) is 11.3 Å². The van der Waals surface area contributed by atoms with Crippen LogP contribution in [-0.2, 0) is 0 Å². The van der Waals surface area contributed by atoms with E-state index < -0.39 is 6.04 Å². The number of nitrogens with zero attached hydrogens (tertiary/aromatic N) is 3. The monoisotopic (exact) mass is 273 g/mol. The molecule has 0 bridgehead atoms. The van der Waals surface area contributed by atoms with Crippen molar-refractivity contribution < 1.29 is 9.32 Å². The number of carbonyl (C=O) groups is 1. The average molecular weight is 273 g/mol. The molecule has 2 N–H and O–H groups in total. The lowest BCUT2D eigenvalue weighted by Crippen LogP contribution is -2.27. The van der Waals surface area contributed by atoms with Crippen LogP contribution in [0.2, 0.25) is 0 Å². The van der Waals surface area contributed by atoms with Gasteiger partial charge in [0.25, 0.3) is 5.91 Å². The minimum Gasteiger partial charge on any atom is -0.356 e. The molecule has 2 rings (SSSR count). The highest BCUT2D eigenvalue weighted by Gasteiger charge is 2.19. The van der Waals surface area contributed by atoms with Crippen LogP contribution in [-0.4, -0.2) is 21.0 Å². The molecule has 0 spiro atoms. The fourth-order valence-corrected chi connectivity index (χ4v) is 1.58. The van der Waals surface area contributed by atoms with Crippen LogP contribution >= 0.6 is 0 Å². The molecule has 1 amide bonds. The van der Waals surface area contributed by atoms with E-state index in [0.29, 0.717) is 23.0 Å². The number of nitriles is 1. The zero-order chi connectivity index (χ0) is 14.7. The maximum absolute atomic E-state index is 12.0. The molecule has 0 aliphatic rings. The van der Waals surface area contributed by atoms with Crippen LogP contribution in [0.5, 0.6) is 0 Å². The molecular formula is C13H15N5O2. The lowest BCUT2D eigenvalue weighted by Gasteiger charge is -2.08. The predicted molar refractivity (Wildman–Crippen MR) is 69.8 cm³/mol. The molecule has 7 nitrogen and oxygen atoms in total. The molecule has 2 aromatic rings. The van der Waals surface area contributed by atoms with Gasteiger partial charge in [-0.05, 0) is 13.0 Å². The molecule has 1 atom stereocenters. The van der Waals surface area contributed by atoms with Crippen LogP contribution in [0.4, 0.5) is 0 Å². The Labute approximate surface area is 116 Å². The van der Waals surface area contributed by atoms with Gasteiger partial charge >= 0.3 is 0 Å². The third-order valence-electron chi connectivity index (χ3n) is 2.75. The molecule has 0 saturated carbocycles. The van der Waals surface area contributed by atoms with Crippen molar-refractivity contribution in [1.82, 2.24) is 20.4 Å². The average Bonchev–Trinajstić information content (AvgIpc) is 3.07. The lowest BCUT2D eigenvalue weighted by atomic mass is 10.2. The SMILES string of the molecule is CC(C)c1noc([C@@H](C)NC(=O)c2cc(C#N)c[nH]2)n1. The van der Waals surface area contributed by atoms with E-state index in [4.69, 9.17) is 9.78 Å². The first-order chi connectivity index (χ1) is 9.51. The van der Waals surface area contributed by atoms with Gasteiger partial charge in [-0.1, -0.05) is 19.0 Å². The molecule has 0 fully saturated rings. The third-order valence-corrected chi connectivity index (χ3v) is 2.75. The topological polar surface area (TPSA) is 108 Å². The summed E-state index contributed by atoms with van der Waals surface area (Å²) in [6.07, 6.45) is 1.48. The van der Waals surface area contributed by atoms with E-state index in [1.54, 1.807) is 6.92 Å². The van der Waals surface area contributed by atoms with Crippen LogP contribution in [0.1, 0.15) is 60.5 Å².